The summed E-state index contributed by atoms with van der Waals surface area (Å²) >= 11 is 0. The van der Waals surface area contributed by atoms with E-state index in [1.165, 1.54) is 6.42 Å². The van der Waals surface area contributed by atoms with Crippen LogP contribution in [0, 0.1) is 6.92 Å². The van der Waals surface area contributed by atoms with Crippen molar-refractivity contribution in [3.63, 3.8) is 0 Å². The minimum atomic E-state index is 0.00259. The molecule has 15 heavy (non-hydrogen) atoms. The number of nitrogens with one attached hydrogen (secondary N) is 2. The van der Waals surface area contributed by atoms with Crippen molar-refractivity contribution in [1.82, 2.24) is 15.5 Å². The van der Waals surface area contributed by atoms with E-state index >= 15 is 0 Å². The lowest BCUT2D eigenvalue weighted by atomic mass is 9.74. The molecular weight excluding hydrogens is 190 g/mol. The molecule has 0 radical (unpaired) electrons. The second kappa shape index (κ2) is 3.68. The Kier molecular flexibility index (Phi) is 2.50. The number of carbonyl (C=O) groups is 1. The van der Waals surface area contributed by atoms with E-state index in [-0.39, 0.29) is 11.4 Å². The molecule has 1 aliphatic carbocycles. The van der Waals surface area contributed by atoms with Gasteiger partial charge in [0.2, 0.25) is 0 Å². The third kappa shape index (κ3) is 1.76. The Bertz CT molecular complexity index is 360. The van der Waals surface area contributed by atoms with Gasteiger partial charge in [-0.25, -0.2) is 0 Å². The zero-order chi connectivity index (χ0) is 10.9. The highest BCUT2D eigenvalue weighted by molar-refractivity contribution is 5.95. The molecule has 0 spiro atoms. The summed E-state index contributed by atoms with van der Waals surface area (Å²) in [5, 5.41) is 9.76. The van der Waals surface area contributed by atoms with Gasteiger partial charge in [0, 0.05) is 11.2 Å². The summed E-state index contributed by atoms with van der Waals surface area (Å²) in [4.78, 5) is 11.9. The van der Waals surface area contributed by atoms with Crippen molar-refractivity contribution >= 4 is 5.91 Å². The fraction of sp³-hybridized carbons (Fsp3) is 0.636. The molecule has 4 nitrogen and oxygen atoms in total. The van der Waals surface area contributed by atoms with Gasteiger partial charge in [-0.15, -0.1) is 0 Å². The predicted molar refractivity (Wildman–Crippen MR) is 57.7 cm³/mol. The molecule has 0 bridgehead atoms. The van der Waals surface area contributed by atoms with Crippen LogP contribution in [0.15, 0.2) is 6.20 Å². The van der Waals surface area contributed by atoms with Gasteiger partial charge in [-0.3, -0.25) is 9.89 Å². The fourth-order valence-electron chi connectivity index (χ4n) is 2.06. The number of aromatic amines is 1. The number of H-pyrrole nitrogens is 1. The van der Waals surface area contributed by atoms with Crippen LogP contribution in [-0.4, -0.2) is 21.6 Å². The van der Waals surface area contributed by atoms with Gasteiger partial charge in [0.1, 0.15) is 0 Å². The van der Waals surface area contributed by atoms with Crippen LogP contribution in [0.2, 0.25) is 0 Å². The summed E-state index contributed by atoms with van der Waals surface area (Å²) in [6, 6.07) is 0. The summed E-state index contributed by atoms with van der Waals surface area (Å²) in [6.45, 7) is 3.99. The molecule has 1 fully saturated rings. The Morgan fingerprint density at radius 3 is 2.80 bits per heavy atom. The summed E-state index contributed by atoms with van der Waals surface area (Å²) in [5.41, 5.74) is 1.55. The second-order valence-corrected chi connectivity index (χ2v) is 4.35. The lowest BCUT2D eigenvalue weighted by molar-refractivity contribution is 0.0820. The molecule has 0 unspecified atom stereocenters. The number of aromatic nitrogens is 2. The molecule has 1 aliphatic rings. The summed E-state index contributed by atoms with van der Waals surface area (Å²) < 4.78 is 0. The first-order valence-electron chi connectivity index (χ1n) is 5.49. The average Bonchev–Trinajstić information content (AvgIpc) is 2.58. The molecule has 2 N–H and O–H groups in total. The van der Waals surface area contributed by atoms with Gasteiger partial charge in [0.05, 0.1) is 11.8 Å². The highest BCUT2D eigenvalue weighted by Crippen LogP contribution is 2.34. The minimum absolute atomic E-state index is 0.00259. The number of carbonyl (C=O) groups excluding carboxylic acids is 1. The van der Waals surface area contributed by atoms with Gasteiger partial charge in [0.15, 0.2) is 0 Å². The lowest BCUT2D eigenvalue weighted by Gasteiger charge is -2.41. The van der Waals surface area contributed by atoms with E-state index in [1.807, 2.05) is 6.92 Å². The Morgan fingerprint density at radius 2 is 2.40 bits per heavy atom. The van der Waals surface area contributed by atoms with Crippen LogP contribution >= 0.6 is 0 Å². The van der Waals surface area contributed by atoms with Gasteiger partial charge in [-0.05, 0) is 32.6 Å². The van der Waals surface area contributed by atoms with Crippen molar-refractivity contribution < 1.29 is 4.79 Å². The molecule has 0 saturated heterocycles. The van der Waals surface area contributed by atoms with Crippen molar-refractivity contribution in [2.45, 2.75) is 45.1 Å². The van der Waals surface area contributed by atoms with E-state index in [1.54, 1.807) is 6.20 Å². The molecular formula is C11H17N3O. The predicted octanol–water partition coefficient (Wildman–Crippen LogP) is 1.78. The number of aryl methyl sites for hydroxylation is 1. The van der Waals surface area contributed by atoms with Crippen LogP contribution in [0.25, 0.3) is 0 Å². The maximum Gasteiger partial charge on any atom is 0.255 e. The molecule has 4 heteroatoms. The SMILES string of the molecule is CCC1(NC(=O)c2cn[nH]c2C)CCC1. The molecule has 0 atom stereocenters. The van der Waals surface area contributed by atoms with Crippen LogP contribution in [0.5, 0.6) is 0 Å². The first kappa shape index (κ1) is 10.2. The number of rotatable bonds is 3. The molecule has 82 valence electrons. The Morgan fingerprint density at radius 1 is 1.67 bits per heavy atom. The van der Waals surface area contributed by atoms with Crippen LogP contribution in [0.1, 0.15) is 48.7 Å². The maximum absolute atomic E-state index is 11.9. The number of amides is 1. The van der Waals surface area contributed by atoms with E-state index < -0.39 is 0 Å². The monoisotopic (exact) mass is 207 g/mol. The maximum atomic E-state index is 11.9. The average molecular weight is 207 g/mol. The molecule has 2 rings (SSSR count). The molecule has 0 aliphatic heterocycles. The van der Waals surface area contributed by atoms with Gasteiger partial charge in [-0.1, -0.05) is 6.92 Å². The Labute approximate surface area is 89.5 Å². The van der Waals surface area contributed by atoms with Crippen molar-refractivity contribution in [3.05, 3.63) is 17.5 Å². The number of hydrogen-bond donors (Lipinski definition) is 2. The third-order valence-corrected chi connectivity index (χ3v) is 3.44. The quantitative estimate of drug-likeness (QED) is 0.793. The molecule has 0 aromatic carbocycles. The minimum Gasteiger partial charge on any atom is -0.347 e. The van der Waals surface area contributed by atoms with E-state index in [9.17, 15) is 4.79 Å². The Balaban J connectivity index is 2.07. The van der Waals surface area contributed by atoms with E-state index in [2.05, 4.69) is 22.4 Å². The highest BCUT2D eigenvalue weighted by Gasteiger charge is 2.36. The van der Waals surface area contributed by atoms with Crippen LogP contribution in [-0.2, 0) is 0 Å². The van der Waals surface area contributed by atoms with E-state index in [4.69, 9.17) is 0 Å². The van der Waals surface area contributed by atoms with Crippen LogP contribution in [0.3, 0.4) is 0 Å². The summed E-state index contributed by atoms with van der Waals surface area (Å²) in [6.07, 6.45) is 6.03. The van der Waals surface area contributed by atoms with Gasteiger partial charge < -0.3 is 5.32 Å². The highest BCUT2D eigenvalue weighted by atomic mass is 16.1. The van der Waals surface area contributed by atoms with Crippen molar-refractivity contribution in [3.8, 4) is 0 Å². The smallest absolute Gasteiger partial charge is 0.255 e. The first-order chi connectivity index (χ1) is 7.17. The first-order valence-corrected chi connectivity index (χ1v) is 5.49. The Hall–Kier alpha value is -1.32. The van der Waals surface area contributed by atoms with E-state index in [0.29, 0.717) is 5.56 Å². The molecule has 1 heterocycles. The molecule has 1 amide bonds. The standard InChI is InChI=1S/C11H17N3O/c1-3-11(5-4-6-11)13-10(15)9-7-12-14-8(9)2/h7H,3-6H2,1-2H3,(H,12,14)(H,13,15). The number of hydrogen-bond acceptors (Lipinski definition) is 2. The largest absolute Gasteiger partial charge is 0.347 e. The van der Waals surface area contributed by atoms with E-state index in [0.717, 1.165) is 25.0 Å². The van der Waals surface area contributed by atoms with Crippen LogP contribution in [0.4, 0.5) is 0 Å². The lowest BCUT2D eigenvalue weighted by Crippen LogP contribution is -2.53. The fourth-order valence-corrected chi connectivity index (χ4v) is 2.06. The zero-order valence-corrected chi connectivity index (χ0v) is 9.26. The van der Waals surface area contributed by atoms with Crippen LogP contribution < -0.4 is 5.32 Å². The molecule has 1 aromatic rings. The van der Waals surface area contributed by atoms with Gasteiger partial charge in [0.25, 0.3) is 5.91 Å². The normalized spacial score (nSPS) is 18.3. The summed E-state index contributed by atoms with van der Waals surface area (Å²) in [7, 11) is 0. The second-order valence-electron chi connectivity index (χ2n) is 4.35. The number of nitrogens with zero attached hydrogens (tertiary/aromatic N) is 1. The molecule has 1 aromatic heterocycles. The zero-order valence-electron chi connectivity index (χ0n) is 9.26. The molecule has 1 saturated carbocycles. The van der Waals surface area contributed by atoms with Crippen molar-refractivity contribution in [1.29, 1.82) is 0 Å². The summed E-state index contributed by atoms with van der Waals surface area (Å²) in [5.74, 6) is 0.00259. The topological polar surface area (TPSA) is 57.8 Å². The van der Waals surface area contributed by atoms with Crippen molar-refractivity contribution in [2.24, 2.45) is 0 Å². The van der Waals surface area contributed by atoms with Crippen molar-refractivity contribution in [2.75, 3.05) is 0 Å². The van der Waals surface area contributed by atoms with Gasteiger partial charge in [-0.2, -0.15) is 5.10 Å². The van der Waals surface area contributed by atoms with Gasteiger partial charge >= 0.3 is 0 Å². The third-order valence-electron chi connectivity index (χ3n) is 3.44.